The first-order chi connectivity index (χ1) is 10.6. The Morgan fingerprint density at radius 2 is 1.65 bits per heavy atom. The van der Waals surface area contributed by atoms with Crippen LogP contribution in [-0.2, 0) is 26.2 Å². The van der Waals surface area contributed by atoms with Gasteiger partial charge in [0.1, 0.15) is 5.78 Å². The molecule has 0 unspecified atom stereocenters. The monoisotopic (exact) mass is 325 g/mol. The summed E-state index contributed by atoms with van der Waals surface area (Å²) in [5.74, 6) is 0.222. The molecule has 0 fully saturated rings. The van der Waals surface area contributed by atoms with Crippen LogP contribution in [-0.4, -0.2) is 47.2 Å². The Morgan fingerprint density at radius 3 is 2.17 bits per heavy atom. The number of aromatic nitrogens is 3. The van der Waals surface area contributed by atoms with Gasteiger partial charge in [-0.15, -0.1) is 5.10 Å². The van der Waals surface area contributed by atoms with E-state index in [0.29, 0.717) is 39.4 Å². The third-order valence-electron chi connectivity index (χ3n) is 3.45. The average molecular weight is 325 g/mol. The molecule has 6 heteroatoms. The third kappa shape index (κ3) is 7.70. The Labute approximate surface area is 139 Å². The number of ether oxygens (including phenoxy) is 2. The molecule has 132 valence electrons. The second kappa shape index (κ2) is 8.55. The van der Waals surface area contributed by atoms with E-state index in [4.69, 9.17) is 9.47 Å². The number of ketones is 1. The summed E-state index contributed by atoms with van der Waals surface area (Å²) in [6.45, 7) is 14.8. The minimum atomic E-state index is -0.288. The van der Waals surface area contributed by atoms with Gasteiger partial charge < -0.3 is 9.47 Å². The van der Waals surface area contributed by atoms with Crippen molar-refractivity contribution >= 4 is 5.78 Å². The lowest BCUT2D eigenvalue weighted by Crippen LogP contribution is -2.21. The summed E-state index contributed by atoms with van der Waals surface area (Å²) < 4.78 is 12.7. The van der Waals surface area contributed by atoms with E-state index in [1.54, 1.807) is 4.68 Å². The zero-order valence-corrected chi connectivity index (χ0v) is 15.4. The van der Waals surface area contributed by atoms with Gasteiger partial charge in [-0.3, -0.25) is 4.79 Å². The minimum absolute atomic E-state index is 0.0113. The van der Waals surface area contributed by atoms with Crippen molar-refractivity contribution in [1.29, 1.82) is 0 Å². The highest BCUT2D eigenvalue weighted by Gasteiger charge is 2.20. The number of hydrogen-bond donors (Lipinski definition) is 0. The topological polar surface area (TPSA) is 66.2 Å². The lowest BCUT2D eigenvalue weighted by molar-refractivity contribution is -0.127. The second-order valence-electron chi connectivity index (χ2n) is 7.76. The summed E-state index contributed by atoms with van der Waals surface area (Å²) in [6, 6.07) is 0. The lowest BCUT2D eigenvalue weighted by atomic mass is 9.89. The van der Waals surface area contributed by atoms with Crippen molar-refractivity contribution in [2.75, 3.05) is 26.4 Å². The molecular weight excluding hydrogens is 294 g/mol. The zero-order chi connectivity index (χ0) is 17.5. The standard InChI is InChI=1S/C17H31N3O3/c1-16(2,3)14-13-20(19-18-14)8-10-23-12-11-22-9-7-15(21)17(4,5)6/h13H,7-12H2,1-6H3. The molecule has 0 aliphatic rings. The maximum Gasteiger partial charge on any atom is 0.140 e. The van der Waals surface area contributed by atoms with E-state index in [2.05, 4.69) is 31.1 Å². The molecule has 6 nitrogen and oxygen atoms in total. The highest BCUT2D eigenvalue weighted by Crippen LogP contribution is 2.18. The SMILES string of the molecule is CC(C)(C)C(=O)CCOCCOCCn1cc(C(C)(C)C)nn1. The van der Waals surface area contributed by atoms with E-state index in [1.165, 1.54) is 0 Å². The van der Waals surface area contributed by atoms with Crippen LogP contribution in [0.1, 0.15) is 53.7 Å². The van der Waals surface area contributed by atoms with Crippen molar-refractivity contribution in [2.45, 2.75) is 59.9 Å². The number of carbonyl (C=O) groups excluding carboxylic acids is 1. The van der Waals surface area contributed by atoms with Crippen molar-refractivity contribution in [2.24, 2.45) is 5.41 Å². The van der Waals surface area contributed by atoms with Crippen molar-refractivity contribution < 1.29 is 14.3 Å². The van der Waals surface area contributed by atoms with Crippen LogP contribution in [0, 0.1) is 5.41 Å². The summed E-state index contributed by atoms with van der Waals surface area (Å²) in [6.07, 6.45) is 2.41. The normalized spacial score (nSPS) is 12.6. The molecule has 0 aliphatic carbocycles. The number of Topliss-reactive ketones (excluding diaryl/α,β-unsaturated/α-hetero) is 1. The highest BCUT2D eigenvalue weighted by molar-refractivity contribution is 5.83. The third-order valence-corrected chi connectivity index (χ3v) is 3.45. The van der Waals surface area contributed by atoms with Crippen molar-refractivity contribution in [3.05, 3.63) is 11.9 Å². The summed E-state index contributed by atoms with van der Waals surface area (Å²) in [7, 11) is 0. The smallest absolute Gasteiger partial charge is 0.140 e. The quantitative estimate of drug-likeness (QED) is 0.653. The van der Waals surface area contributed by atoms with Crippen LogP contribution in [0.3, 0.4) is 0 Å². The first-order valence-electron chi connectivity index (χ1n) is 8.20. The van der Waals surface area contributed by atoms with Gasteiger partial charge in [-0.1, -0.05) is 46.8 Å². The molecule has 1 aromatic heterocycles. The Balaban J connectivity index is 2.06. The van der Waals surface area contributed by atoms with Gasteiger partial charge in [-0.2, -0.15) is 0 Å². The number of nitrogens with zero attached hydrogens (tertiary/aromatic N) is 3. The molecule has 23 heavy (non-hydrogen) atoms. The van der Waals surface area contributed by atoms with Crippen LogP contribution in [0.4, 0.5) is 0 Å². The number of rotatable bonds is 9. The van der Waals surface area contributed by atoms with Gasteiger partial charge in [-0.05, 0) is 0 Å². The van der Waals surface area contributed by atoms with Gasteiger partial charge in [-0.25, -0.2) is 4.68 Å². The Hall–Kier alpha value is -1.27. The molecule has 0 bridgehead atoms. The predicted molar refractivity (Wildman–Crippen MR) is 89.4 cm³/mol. The van der Waals surface area contributed by atoms with E-state index >= 15 is 0 Å². The molecule has 0 atom stereocenters. The van der Waals surface area contributed by atoms with Crippen LogP contribution in [0.2, 0.25) is 0 Å². The maximum absolute atomic E-state index is 11.7. The van der Waals surface area contributed by atoms with Gasteiger partial charge in [0.15, 0.2) is 0 Å². The molecule has 0 radical (unpaired) electrons. The molecule has 1 heterocycles. The van der Waals surface area contributed by atoms with Crippen molar-refractivity contribution in [1.82, 2.24) is 15.0 Å². The van der Waals surface area contributed by atoms with Gasteiger partial charge in [0.05, 0.1) is 38.7 Å². The summed E-state index contributed by atoms with van der Waals surface area (Å²) in [4.78, 5) is 11.7. The molecule has 0 aromatic carbocycles. The van der Waals surface area contributed by atoms with E-state index in [-0.39, 0.29) is 16.6 Å². The zero-order valence-electron chi connectivity index (χ0n) is 15.4. The molecule has 0 N–H and O–H groups in total. The van der Waals surface area contributed by atoms with Crippen LogP contribution in [0.15, 0.2) is 6.20 Å². The summed E-state index contributed by atoms with van der Waals surface area (Å²) in [5, 5.41) is 8.25. The summed E-state index contributed by atoms with van der Waals surface area (Å²) in [5.41, 5.74) is 0.699. The lowest BCUT2D eigenvalue weighted by Gasteiger charge is -2.16. The Morgan fingerprint density at radius 1 is 1.04 bits per heavy atom. The fraction of sp³-hybridized carbons (Fsp3) is 0.824. The maximum atomic E-state index is 11.7. The fourth-order valence-corrected chi connectivity index (χ4v) is 1.77. The second-order valence-corrected chi connectivity index (χ2v) is 7.76. The van der Waals surface area contributed by atoms with Gasteiger partial charge in [0.2, 0.25) is 0 Å². The molecule has 0 saturated carbocycles. The van der Waals surface area contributed by atoms with Crippen LogP contribution >= 0.6 is 0 Å². The molecule has 0 spiro atoms. The predicted octanol–water partition coefficient (Wildman–Crippen LogP) is 2.61. The van der Waals surface area contributed by atoms with Gasteiger partial charge in [0.25, 0.3) is 0 Å². The van der Waals surface area contributed by atoms with Crippen LogP contribution in [0.25, 0.3) is 0 Å². The largest absolute Gasteiger partial charge is 0.379 e. The van der Waals surface area contributed by atoms with E-state index < -0.39 is 0 Å². The molecule has 1 rings (SSSR count). The molecule has 1 aromatic rings. The molecule has 0 aliphatic heterocycles. The first-order valence-corrected chi connectivity index (χ1v) is 8.20. The van der Waals surface area contributed by atoms with Crippen LogP contribution in [0.5, 0.6) is 0 Å². The Kier molecular flexibility index (Phi) is 7.35. The molecule has 0 saturated heterocycles. The van der Waals surface area contributed by atoms with Crippen molar-refractivity contribution in [3.8, 4) is 0 Å². The Bertz CT molecular complexity index is 484. The fourth-order valence-electron chi connectivity index (χ4n) is 1.77. The first kappa shape index (κ1) is 19.8. The molecule has 0 amide bonds. The van der Waals surface area contributed by atoms with E-state index in [0.717, 1.165) is 5.69 Å². The summed E-state index contributed by atoms with van der Waals surface area (Å²) >= 11 is 0. The van der Waals surface area contributed by atoms with Gasteiger partial charge >= 0.3 is 0 Å². The van der Waals surface area contributed by atoms with E-state index in [9.17, 15) is 4.79 Å². The number of carbonyl (C=O) groups is 1. The van der Waals surface area contributed by atoms with E-state index in [1.807, 2.05) is 27.0 Å². The van der Waals surface area contributed by atoms with Crippen molar-refractivity contribution in [3.63, 3.8) is 0 Å². The van der Waals surface area contributed by atoms with Crippen LogP contribution < -0.4 is 0 Å². The van der Waals surface area contributed by atoms with Gasteiger partial charge in [0, 0.05) is 23.4 Å². The average Bonchev–Trinajstić information content (AvgIpc) is 2.89. The minimum Gasteiger partial charge on any atom is -0.379 e. The number of hydrogen-bond acceptors (Lipinski definition) is 5. The highest BCUT2D eigenvalue weighted by atomic mass is 16.5. The molecular formula is C17H31N3O3.